The fourth-order valence-electron chi connectivity index (χ4n) is 0.929. The molecule has 9 heavy (non-hydrogen) atoms. The summed E-state index contributed by atoms with van der Waals surface area (Å²) in [6.45, 7) is 4.69. The predicted octanol–water partition coefficient (Wildman–Crippen LogP) is 1.20. The van der Waals surface area contributed by atoms with E-state index in [0.717, 1.165) is 32.7 Å². The third-order valence-corrected chi connectivity index (χ3v) is 1.45. The Kier molecular flexibility index (Phi) is 3.01. The molecular formula is C7H14O2. The maximum absolute atomic E-state index is 5.43. The van der Waals surface area contributed by atoms with E-state index in [-0.39, 0.29) is 0 Å². The highest BCUT2D eigenvalue weighted by molar-refractivity contribution is 4.62. The summed E-state index contributed by atoms with van der Waals surface area (Å²) in [6, 6.07) is 0. The highest BCUT2D eigenvalue weighted by Gasteiger charge is 2.14. The van der Waals surface area contributed by atoms with E-state index in [4.69, 9.17) is 9.47 Å². The summed E-state index contributed by atoms with van der Waals surface area (Å²) in [5.41, 5.74) is 0. The van der Waals surface area contributed by atoms with Gasteiger partial charge in [0.25, 0.3) is 0 Å². The van der Waals surface area contributed by atoms with E-state index in [0.29, 0.717) is 6.10 Å². The first-order valence-corrected chi connectivity index (χ1v) is 3.63. The second-order valence-electron chi connectivity index (χ2n) is 2.36. The topological polar surface area (TPSA) is 18.5 Å². The van der Waals surface area contributed by atoms with Crippen molar-refractivity contribution in [2.75, 3.05) is 19.8 Å². The van der Waals surface area contributed by atoms with Gasteiger partial charge in [-0.25, -0.2) is 0 Å². The highest BCUT2D eigenvalue weighted by Crippen LogP contribution is 2.07. The molecule has 0 aliphatic carbocycles. The van der Waals surface area contributed by atoms with Gasteiger partial charge in [-0.1, -0.05) is 6.92 Å². The van der Waals surface area contributed by atoms with Crippen LogP contribution in [0.25, 0.3) is 0 Å². The second kappa shape index (κ2) is 3.85. The van der Waals surface area contributed by atoms with Gasteiger partial charge in [-0.05, 0) is 12.8 Å². The predicted molar refractivity (Wildman–Crippen MR) is 35.5 cm³/mol. The van der Waals surface area contributed by atoms with Gasteiger partial charge in [0, 0.05) is 13.2 Å². The highest BCUT2D eigenvalue weighted by atomic mass is 16.5. The lowest BCUT2D eigenvalue weighted by molar-refractivity contribution is 0.0432. The minimum Gasteiger partial charge on any atom is -0.379 e. The number of rotatable bonds is 3. The molecule has 2 nitrogen and oxygen atoms in total. The summed E-state index contributed by atoms with van der Waals surface area (Å²) < 4.78 is 10.6. The molecule has 0 saturated carbocycles. The van der Waals surface area contributed by atoms with E-state index >= 15 is 0 Å². The molecule has 0 aromatic carbocycles. The third kappa shape index (κ3) is 2.33. The zero-order valence-corrected chi connectivity index (χ0v) is 5.93. The van der Waals surface area contributed by atoms with Crippen molar-refractivity contribution in [2.24, 2.45) is 0 Å². The molecule has 1 saturated heterocycles. The molecule has 0 amide bonds. The Bertz CT molecular complexity index is 67.3. The summed E-state index contributed by atoms with van der Waals surface area (Å²) in [5, 5.41) is 0. The van der Waals surface area contributed by atoms with Gasteiger partial charge in [-0.2, -0.15) is 0 Å². The second-order valence-corrected chi connectivity index (χ2v) is 2.36. The van der Waals surface area contributed by atoms with Gasteiger partial charge >= 0.3 is 0 Å². The fourth-order valence-corrected chi connectivity index (χ4v) is 0.929. The van der Waals surface area contributed by atoms with Crippen molar-refractivity contribution < 1.29 is 9.47 Å². The van der Waals surface area contributed by atoms with Gasteiger partial charge in [-0.3, -0.25) is 0 Å². The van der Waals surface area contributed by atoms with E-state index in [1.165, 1.54) is 0 Å². The van der Waals surface area contributed by atoms with Crippen molar-refractivity contribution in [3.05, 3.63) is 0 Å². The Morgan fingerprint density at radius 1 is 1.67 bits per heavy atom. The van der Waals surface area contributed by atoms with Gasteiger partial charge in [0.05, 0.1) is 12.7 Å². The molecule has 1 rings (SSSR count). The molecule has 0 radical (unpaired) electrons. The molecule has 0 bridgehead atoms. The van der Waals surface area contributed by atoms with Crippen LogP contribution in [0.5, 0.6) is 0 Å². The van der Waals surface area contributed by atoms with Crippen LogP contribution in [0.3, 0.4) is 0 Å². The fraction of sp³-hybridized carbons (Fsp3) is 1.00. The summed E-state index contributed by atoms with van der Waals surface area (Å²) in [6.07, 6.45) is 2.58. The summed E-state index contributed by atoms with van der Waals surface area (Å²) in [4.78, 5) is 0. The molecule has 1 fully saturated rings. The molecule has 1 aliphatic rings. The average Bonchev–Trinajstić information content (AvgIpc) is 2.34. The normalized spacial score (nSPS) is 27.0. The Morgan fingerprint density at radius 2 is 2.56 bits per heavy atom. The first-order chi connectivity index (χ1) is 4.43. The molecule has 1 heterocycles. The largest absolute Gasteiger partial charge is 0.379 e. The lowest BCUT2D eigenvalue weighted by Crippen LogP contribution is -2.12. The van der Waals surface area contributed by atoms with E-state index in [2.05, 4.69) is 6.92 Å². The van der Waals surface area contributed by atoms with Gasteiger partial charge in [0.15, 0.2) is 0 Å². The lowest BCUT2D eigenvalue weighted by Gasteiger charge is -2.06. The number of hydrogen-bond donors (Lipinski definition) is 0. The maximum atomic E-state index is 5.43. The first-order valence-electron chi connectivity index (χ1n) is 3.63. The van der Waals surface area contributed by atoms with Crippen molar-refractivity contribution in [2.45, 2.75) is 25.9 Å². The molecule has 1 atom stereocenters. The standard InChI is InChI=1S/C7H14O2/c1-2-4-9-7-3-5-8-6-7/h7H,2-6H2,1H3/t7-/m0/s1. The van der Waals surface area contributed by atoms with Crippen LogP contribution in [0.2, 0.25) is 0 Å². The zero-order valence-electron chi connectivity index (χ0n) is 5.93. The van der Waals surface area contributed by atoms with Crippen molar-refractivity contribution in [1.82, 2.24) is 0 Å². The Morgan fingerprint density at radius 3 is 3.11 bits per heavy atom. The quantitative estimate of drug-likeness (QED) is 0.571. The molecule has 0 unspecified atom stereocenters. The van der Waals surface area contributed by atoms with E-state index in [1.807, 2.05) is 0 Å². The van der Waals surface area contributed by atoms with Crippen LogP contribution < -0.4 is 0 Å². The van der Waals surface area contributed by atoms with Crippen LogP contribution in [0.15, 0.2) is 0 Å². The Hall–Kier alpha value is -0.0800. The smallest absolute Gasteiger partial charge is 0.0830 e. The summed E-state index contributed by atoms with van der Waals surface area (Å²) in [7, 11) is 0. The van der Waals surface area contributed by atoms with Gasteiger partial charge in [-0.15, -0.1) is 0 Å². The Balaban J connectivity index is 1.98. The van der Waals surface area contributed by atoms with Crippen molar-refractivity contribution in [3.63, 3.8) is 0 Å². The van der Waals surface area contributed by atoms with Crippen LogP contribution in [0.1, 0.15) is 19.8 Å². The van der Waals surface area contributed by atoms with Crippen molar-refractivity contribution >= 4 is 0 Å². The SMILES string of the molecule is CCCO[C@H]1CCOC1. The van der Waals surface area contributed by atoms with Gasteiger partial charge in [0.1, 0.15) is 0 Å². The number of ether oxygens (including phenoxy) is 2. The maximum Gasteiger partial charge on any atom is 0.0830 e. The van der Waals surface area contributed by atoms with E-state index < -0.39 is 0 Å². The summed E-state index contributed by atoms with van der Waals surface area (Å²) >= 11 is 0. The molecule has 2 heteroatoms. The third-order valence-electron chi connectivity index (χ3n) is 1.45. The summed E-state index contributed by atoms with van der Waals surface area (Å²) in [5.74, 6) is 0. The monoisotopic (exact) mass is 130 g/mol. The molecule has 0 aromatic rings. The molecular weight excluding hydrogens is 116 g/mol. The van der Waals surface area contributed by atoms with Crippen LogP contribution >= 0.6 is 0 Å². The molecule has 1 aliphatic heterocycles. The van der Waals surface area contributed by atoms with E-state index in [9.17, 15) is 0 Å². The van der Waals surface area contributed by atoms with Crippen molar-refractivity contribution in [1.29, 1.82) is 0 Å². The number of hydrogen-bond acceptors (Lipinski definition) is 2. The molecule has 0 spiro atoms. The van der Waals surface area contributed by atoms with Crippen LogP contribution in [-0.2, 0) is 9.47 Å². The molecule has 54 valence electrons. The van der Waals surface area contributed by atoms with Crippen LogP contribution in [0, 0.1) is 0 Å². The zero-order chi connectivity index (χ0) is 6.53. The average molecular weight is 130 g/mol. The van der Waals surface area contributed by atoms with Crippen molar-refractivity contribution in [3.8, 4) is 0 Å². The molecule has 0 N–H and O–H groups in total. The first kappa shape index (κ1) is 7.03. The van der Waals surface area contributed by atoms with E-state index in [1.54, 1.807) is 0 Å². The lowest BCUT2D eigenvalue weighted by atomic mass is 10.3. The molecule has 0 aromatic heterocycles. The van der Waals surface area contributed by atoms with Gasteiger partial charge < -0.3 is 9.47 Å². The Labute approximate surface area is 56.2 Å². The minimum absolute atomic E-state index is 0.393. The minimum atomic E-state index is 0.393. The van der Waals surface area contributed by atoms with Crippen LogP contribution in [0.4, 0.5) is 0 Å². The van der Waals surface area contributed by atoms with Gasteiger partial charge in [0.2, 0.25) is 0 Å². The van der Waals surface area contributed by atoms with Crippen LogP contribution in [-0.4, -0.2) is 25.9 Å².